The molecule has 5 aromatic carbocycles. The summed E-state index contributed by atoms with van der Waals surface area (Å²) in [4.78, 5) is 26.5. The van der Waals surface area contributed by atoms with Crippen LogP contribution in [-0.2, 0) is 29.4 Å². The Balaban J connectivity index is 0.000000147. The summed E-state index contributed by atoms with van der Waals surface area (Å²) < 4.78 is 25.4. The van der Waals surface area contributed by atoms with E-state index >= 15 is 0 Å². The number of hydrogen-bond acceptors (Lipinski definition) is 10. The monoisotopic (exact) mass is 1170 g/mol. The largest absolute Gasteiger partial charge is 0.494 e. The van der Waals surface area contributed by atoms with Crippen LogP contribution in [0.4, 0.5) is 0 Å². The van der Waals surface area contributed by atoms with Crippen LogP contribution in [0.25, 0.3) is 56.5 Å². The number of hydrogen-bond donors (Lipinski definition) is 0. The van der Waals surface area contributed by atoms with Gasteiger partial charge in [-0.25, -0.2) is 4.98 Å². The molecule has 82 heavy (non-hydrogen) atoms. The fourth-order valence-corrected chi connectivity index (χ4v) is 9.19. The van der Waals surface area contributed by atoms with Crippen molar-refractivity contribution in [1.29, 1.82) is 0 Å². The fourth-order valence-electron chi connectivity index (χ4n) is 8.70. The van der Waals surface area contributed by atoms with E-state index in [-0.39, 0.29) is 52.8 Å². The molecule has 11 rings (SSSR count). The second-order valence-electron chi connectivity index (χ2n) is 24.5. The summed E-state index contributed by atoms with van der Waals surface area (Å²) in [6.45, 7) is 29.7. The van der Waals surface area contributed by atoms with Gasteiger partial charge in [0.05, 0.1) is 39.5 Å². The Kier molecular flexibility index (Phi) is 19.0. The van der Waals surface area contributed by atoms with Gasteiger partial charge in [0, 0.05) is 50.9 Å². The third-order valence-corrected chi connectivity index (χ3v) is 15.8. The van der Waals surface area contributed by atoms with Crippen LogP contribution in [0.15, 0.2) is 199 Å². The highest BCUT2D eigenvalue weighted by molar-refractivity contribution is 9.10. The fraction of sp³-hybridized carbons (Fsp3) is 0.294. The van der Waals surface area contributed by atoms with Crippen LogP contribution < -0.4 is 10.9 Å². The molecule has 0 amide bonds. The summed E-state index contributed by atoms with van der Waals surface area (Å²) in [6, 6.07) is 58.9. The van der Waals surface area contributed by atoms with Crippen LogP contribution in [-0.4, -0.2) is 66.5 Å². The number of pyridine rings is 3. The van der Waals surface area contributed by atoms with Crippen LogP contribution in [0, 0.1) is 0 Å². The summed E-state index contributed by atoms with van der Waals surface area (Å²) in [5.41, 5.74) is 11.5. The van der Waals surface area contributed by atoms with Crippen LogP contribution in [0.1, 0.15) is 108 Å². The lowest BCUT2D eigenvalue weighted by Gasteiger charge is -2.32. The van der Waals surface area contributed by atoms with Gasteiger partial charge < -0.3 is 18.6 Å². The van der Waals surface area contributed by atoms with E-state index in [1.54, 1.807) is 6.20 Å². The van der Waals surface area contributed by atoms with Gasteiger partial charge in [-0.05, 0) is 136 Å². The van der Waals surface area contributed by atoms with Crippen LogP contribution >= 0.6 is 27.5 Å². The molecule has 0 unspecified atom stereocenters. The first-order valence-electron chi connectivity index (χ1n) is 27.7. The lowest BCUT2D eigenvalue weighted by Crippen LogP contribution is -2.41. The highest BCUT2D eigenvalue weighted by atomic mass is 79.9. The van der Waals surface area contributed by atoms with Gasteiger partial charge in [0.1, 0.15) is 0 Å². The number of halogens is 2. The van der Waals surface area contributed by atoms with E-state index in [0.29, 0.717) is 11.6 Å². The predicted octanol–water partition coefficient (Wildman–Crippen LogP) is 16.1. The average Bonchev–Trinajstić information content (AvgIpc) is 3.27. The van der Waals surface area contributed by atoms with E-state index in [1.807, 2.05) is 128 Å². The zero-order valence-electron chi connectivity index (χ0n) is 49.7. The van der Waals surface area contributed by atoms with Crippen molar-refractivity contribution >= 4 is 52.7 Å². The van der Waals surface area contributed by atoms with Crippen LogP contribution in [0.3, 0.4) is 0 Å². The Hall–Kier alpha value is -6.70. The summed E-state index contributed by atoms with van der Waals surface area (Å²) in [5.74, 6) is 1.18. The maximum Gasteiger partial charge on any atom is 0.494 e. The molecule has 6 heterocycles. The molecule has 2 saturated heterocycles. The molecule has 0 bridgehead atoms. The van der Waals surface area contributed by atoms with Gasteiger partial charge in [0.25, 0.3) is 0 Å². The molecule has 420 valence electrons. The Morgan fingerprint density at radius 1 is 0.378 bits per heavy atom. The first-order chi connectivity index (χ1) is 38.7. The number of benzene rings is 5. The second-order valence-corrected chi connectivity index (χ2v) is 25.7. The van der Waals surface area contributed by atoms with Crippen molar-refractivity contribution in [2.24, 2.45) is 0 Å². The molecule has 0 atom stereocenters. The standard InChI is InChI=1S/C23H26ClN3.2C17H20BNO2.C11H8BrN/c1-22(2,3)17-11-7-15(8-12-17)19-25-20(27-21(24)26-19)16-9-13-18(14-10-16)23(4,5)6;2*1-16(2)17(3,4)21-18(20-16)14-10-11-19-15(12-14)13-8-6-5-7-9-13;12-10-6-7-13-11(8-10)9-4-2-1-3-5-9/h7-14H,1-6H3;2*5-12H,1-4H3;1-8H. The zero-order chi connectivity index (χ0) is 59.1. The molecule has 14 heteroatoms. The Bertz CT molecular complexity index is 3320. The molecule has 0 spiro atoms. The highest BCUT2D eigenvalue weighted by Gasteiger charge is 2.53. The van der Waals surface area contributed by atoms with Crippen molar-refractivity contribution in [3.8, 4) is 56.5 Å². The number of nitrogens with zero attached hydrogens (tertiary/aromatic N) is 6. The molecule has 0 aliphatic carbocycles. The van der Waals surface area contributed by atoms with Gasteiger partial charge in [-0.3, -0.25) is 15.0 Å². The van der Waals surface area contributed by atoms with Gasteiger partial charge in [0.15, 0.2) is 11.6 Å². The molecule has 0 radical (unpaired) electrons. The SMILES string of the molecule is Brc1ccnc(-c2ccccc2)c1.CC(C)(C)c1ccc(-c2nc(Cl)nc(-c3ccc(C(C)(C)C)cc3)n2)cc1.CC1(C)OB(c2ccnc(-c3ccccc3)c2)OC1(C)C.CC1(C)OB(c2ccnc(-c3ccccc3)c2)OC1(C)C. The highest BCUT2D eigenvalue weighted by Crippen LogP contribution is 2.38. The minimum absolute atomic E-state index is 0.106. The van der Waals surface area contributed by atoms with E-state index in [1.165, 1.54) is 11.1 Å². The Labute approximate surface area is 500 Å². The average molecular weight is 1180 g/mol. The van der Waals surface area contributed by atoms with Gasteiger partial charge in [-0.1, -0.05) is 197 Å². The minimum Gasteiger partial charge on any atom is -0.399 e. The zero-order valence-corrected chi connectivity index (χ0v) is 52.0. The minimum atomic E-state index is -0.347. The first-order valence-corrected chi connectivity index (χ1v) is 28.9. The second kappa shape index (κ2) is 25.4. The molecular formula is C68H74B2BrClN6O4. The molecule has 0 N–H and O–H groups in total. The van der Waals surface area contributed by atoms with Crippen molar-refractivity contribution in [1.82, 2.24) is 29.9 Å². The summed E-state index contributed by atoms with van der Waals surface area (Å²) in [6.07, 6.45) is 5.41. The molecule has 0 saturated carbocycles. The van der Waals surface area contributed by atoms with E-state index < -0.39 is 0 Å². The normalized spacial score (nSPS) is 15.7. The quantitative estimate of drug-likeness (QED) is 0.143. The number of aromatic nitrogens is 6. The molecular weight excluding hydrogens is 1100 g/mol. The topological polar surface area (TPSA) is 114 Å². The van der Waals surface area contributed by atoms with Gasteiger partial charge in [-0.2, -0.15) is 9.97 Å². The molecule has 2 fully saturated rings. The third-order valence-electron chi connectivity index (χ3n) is 15.2. The van der Waals surface area contributed by atoms with Crippen molar-refractivity contribution in [2.75, 3.05) is 0 Å². The Morgan fingerprint density at radius 2 is 0.683 bits per heavy atom. The lowest BCUT2D eigenvalue weighted by atomic mass is 9.79. The van der Waals surface area contributed by atoms with E-state index in [4.69, 9.17) is 30.2 Å². The van der Waals surface area contributed by atoms with Gasteiger partial charge in [0.2, 0.25) is 5.28 Å². The van der Waals surface area contributed by atoms with E-state index in [0.717, 1.165) is 60.3 Å². The summed E-state index contributed by atoms with van der Waals surface area (Å²) >= 11 is 9.61. The molecule has 10 nitrogen and oxygen atoms in total. The first kappa shape index (κ1) is 61.4. The van der Waals surface area contributed by atoms with Crippen molar-refractivity contribution < 1.29 is 18.6 Å². The van der Waals surface area contributed by atoms with E-state index in [9.17, 15) is 0 Å². The maximum atomic E-state index is 6.20. The van der Waals surface area contributed by atoms with Crippen molar-refractivity contribution in [3.05, 3.63) is 215 Å². The lowest BCUT2D eigenvalue weighted by molar-refractivity contribution is 0.00578. The van der Waals surface area contributed by atoms with Crippen LogP contribution in [0.2, 0.25) is 5.28 Å². The maximum absolute atomic E-state index is 6.20. The van der Waals surface area contributed by atoms with Crippen molar-refractivity contribution in [3.63, 3.8) is 0 Å². The third kappa shape index (κ3) is 15.5. The number of rotatable bonds is 7. The Morgan fingerprint density at radius 3 is 0.988 bits per heavy atom. The van der Waals surface area contributed by atoms with Gasteiger partial charge >= 0.3 is 14.2 Å². The molecule has 2 aliphatic heterocycles. The molecule has 2 aliphatic rings. The van der Waals surface area contributed by atoms with Crippen LogP contribution in [0.5, 0.6) is 0 Å². The molecule has 9 aromatic rings. The van der Waals surface area contributed by atoms with Gasteiger partial charge in [-0.15, -0.1) is 0 Å². The summed E-state index contributed by atoms with van der Waals surface area (Å²) in [5, 5.41) is 0.204. The predicted molar refractivity (Wildman–Crippen MR) is 341 cm³/mol. The molecule has 4 aromatic heterocycles. The van der Waals surface area contributed by atoms with Crippen molar-refractivity contribution in [2.45, 2.75) is 130 Å². The van der Waals surface area contributed by atoms with E-state index in [2.05, 4.69) is 203 Å². The smallest absolute Gasteiger partial charge is 0.399 e. The summed E-state index contributed by atoms with van der Waals surface area (Å²) in [7, 11) is -0.694.